The van der Waals surface area contributed by atoms with Gasteiger partial charge in [0.2, 0.25) is 11.4 Å². The molecule has 26 heavy (non-hydrogen) atoms. The van der Waals surface area contributed by atoms with Gasteiger partial charge in [-0.3, -0.25) is 19.7 Å². The van der Waals surface area contributed by atoms with Gasteiger partial charge in [0.15, 0.2) is 5.78 Å². The molecular weight excluding hydrogens is 344 g/mol. The summed E-state index contributed by atoms with van der Waals surface area (Å²) in [5.41, 5.74) is -3.16. The molecule has 3 atom stereocenters. The molecular formula is C17H18N2O7. The van der Waals surface area contributed by atoms with E-state index in [2.05, 4.69) is 0 Å². The summed E-state index contributed by atoms with van der Waals surface area (Å²) < 4.78 is 0. The van der Waals surface area contributed by atoms with Crippen LogP contribution in [0.2, 0.25) is 0 Å². The number of nitro groups is 1. The number of rotatable bonds is 5. The number of carboxylic acid groups (broad SMARTS) is 1. The van der Waals surface area contributed by atoms with Crippen molar-refractivity contribution in [1.82, 2.24) is 4.90 Å². The SMILES string of the molecule is CC(C)(O)[C@@H]1C(=O)N2[C@H]1CC(=O)C2(Cc1ccc([N+](=O)[O-])cc1)C(=O)O. The van der Waals surface area contributed by atoms with Crippen LogP contribution in [0.3, 0.4) is 0 Å². The Morgan fingerprint density at radius 1 is 1.35 bits per heavy atom. The van der Waals surface area contributed by atoms with Crippen molar-refractivity contribution in [3.63, 3.8) is 0 Å². The summed E-state index contributed by atoms with van der Waals surface area (Å²) in [6.45, 7) is 2.91. The number of ketones is 1. The topological polar surface area (TPSA) is 138 Å². The fourth-order valence-corrected chi connectivity index (χ4v) is 4.00. The van der Waals surface area contributed by atoms with Crippen LogP contribution in [0.25, 0.3) is 0 Å². The maximum absolute atomic E-state index is 12.6. The van der Waals surface area contributed by atoms with E-state index in [1.807, 2.05) is 0 Å². The van der Waals surface area contributed by atoms with Crippen molar-refractivity contribution < 1.29 is 29.5 Å². The molecule has 0 spiro atoms. The van der Waals surface area contributed by atoms with Crippen LogP contribution in [0.4, 0.5) is 5.69 Å². The average molecular weight is 362 g/mol. The number of hydrogen-bond acceptors (Lipinski definition) is 6. The molecule has 3 rings (SSSR count). The first-order chi connectivity index (χ1) is 12.0. The number of aliphatic carboxylic acids is 1. The Morgan fingerprint density at radius 2 is 1.92 bits per heavy atom. The van der Waals surface area contributed by atoms with E-state index in [0.717, 1.165) is 4.90 Å². The van der Waals surface area contributed by atoms with Gasteiger partial charge in [-0.1, -0.05) is 12.1 Å². The van der Waals surface area contributed by atoms with Gasteiger partial charge < -0.3 is 15.1 Å². The number of benzene rings is 1. The summed E-state index contributed by atoms with van der Waals surface area (Å²) in [6.07, 6.45) is -0.417. The van der Waals surface area contributed by atoms with Gasteiger partial charge in [0.05, 0.1) is 22.5 Å². The van der Waals surface area contributed by atoms with Gasteiger partial charge in [0, 0.05) is 25.0 Å². The zero-order chi connectivity index (χ0) is 19.4. The third kappa shape index (κ3) is 2.38. The molecule has 9 heteroatoms. The number of nitro benzene ring substituents is 1. The van der Waals surface area contributed by atoms with Crippen LogP contribution in [-0.2, 0) is 20.8 Å². The Balaban J connectivity index is 1.96. The molecule has 0 bridgehead atoms. The predicted molar refractivity (Wildman–Crippen MR) is 87.2 cm³/mol. The monoisotopic (exact) mass is 362 g/mol. The summed E-state index contributed by atoms with van der Waals surface area (Å²) in [6, 6.07) is 4.53. The maximum atomic E-state index is 12.6. The van der Waals surface area contributed by atoms with E-state index >= 15 is 0 Å². The summed E-state index contributed by atoms with van der Waals surface area (Å²) in [5, 5.41) is 30.7. The lowest BCUT2D eigenvalue weighted by Gasteiger charge is -2.52. The number of amides is 1. The van der Waals surface area contributed by atoms with Gasteiger partial charge in [-0.2, -0.15) is 0 Å². The molecule has 0 saturated carbocycles. The molecule has 2 aliphatic heterocycles. The number of hydrogen-bond donors (Lipinski definition) is 2. The summed E-state index contributed by atoms with van der Waals surface area (Å²) in [5.74, 6) is -3.44. The van der Waals surface area contributed by atoms with Gasteiger partial charge in [0.25, 0.3) is 5.69 Å². The number of carbonyl (C=O) groups is 3. The van der Waals surface area contributed by atoms with Crippen LogP contribution < -0.4 is 0 Å². The fourth-order valence-electron chi connectivity index (χ4n) is 4.00. The molecule has 2 heterocycles. The highest BCUT2D eigenvalue weighted by molar-refractivity contribution is 6.15. The number of non-ortho nitro benzene ring substituents is 1. The second-order valence-electron chi connectivity index (χ2n) is 7.30. The van der Waals surface area contributed by atoms with Crippen molar-refractivity contribution in [2.45, 2.75) is 43.9 Å². The normalized spacial score (nSPS) is 27.9. The highest BCUT2D eigenvalue weighted by Gasteiger charge is 2.70. The summed E-state index contributed by atoms with van der Waals surface area (Å²) >= 11 is 0. The van der Waals surface area contributed by atoms with Crippen molar-refractivity contribution in [2.75, 3.05) is 0 Å². The van der Waals surface area contributed by atoms with Gasteiger partial charge in [-0.15, -0.1) is 0 Å². The Morgan fingerprint density at radius 3 is 2.38 bits per heavy atom. The predicted octanol–water partition coefficient (Wildman–Crippen LogP) is 0.531. The second-order valence-corrected chi connectivity index (χ2v) is 7.30. The van der Waals surface area contributed by atoms with Crippen LogP contribution in [-0.4, -0.2) is 54.9 Å². The van der Waals surface area contributed by atoms with Crippen LogP contribution >= 0.6 is 0 Å². The van der Waals surface area contributed by atoms with Gasteiger partial charge in [-0.25, -0.2) is 4.79 Å². The zero-order valence-corrected chi connectivity index (χ0v) is 14.2. The second kappa shape index (κ2) is 5.60. The Bertz CT molecular complexity index is 811. The molecule has 1 aromatic carbocycles. The Hall–Kier alpha value is -2.81. The summed E-state index contributed by atoms with van der Waals surface area (Å²) in [4.78, 5) is 48.4. The van der Waals surface area contributed by atoms with Crippen molar-refractivity contribution >= 4 is 23.3 Å². The van der Waals surface area contributed by atoms with Gasteiger partial charge in [-0.05, 0) is 19.4 Å². The fraction of sp³-hybridized carbons (Fsp3) is 0.471. The van der Waals surface area contributed by atoms with Crippen LogP contribution in [0.15, 0.2) is 24.3 Å². The van der Waals surface area contributed by atoms with Gasteiger partial charge >= 0.3 is 5.97 Å². The number of carbonyl (C=O) groups excluding carboxylic acids is 2. The van der Waals surface area contributed by atoms with E-state index in [4.69, 9.17) is 0 Å². The Labute approximate surface area is 148 Å². The first-order valence-corrected chi connectivity index (χ1v) is 8.05. The van der Waals surface area contributed by atoms with Crippen molar-refractivity contribution in [3.05, 3.63) is 39.9 Å². The standard InChI is InChI=1S/C17H18N2O7/c1-16(2,24)13-11-7-12(20)17(15(22)23,18(11)14(13)21)8-9-3-5-10(6-4-9)19(25)26/h3-6,11,13,24H,7-8H2,1-2H3,(H,22,23)/t11-,13-,17?/m0/s1. The molecule has 2 aliphatic rings. The Kier molecular flexibility index (Phi) is 3.87. The molecule has 1 unspecified atom stereocenters. The van der Waals surface area contributed by atoms with Crippen LogP contribution in [0, 0.1) is 16.0 Å². The molecule has 2 fully saturated rings. The largest absolute Gasteiger partial charge is 0.479 e. The number of Topliss-reactive ketones (excluding diaryl/α,β-unsaturated/α-hetero) is 1. The van der Waals surface area contributed by atoms with Crippen molar-refractivity contribution in [3.8, 4) is 0 Å². The molecule has 2 saturated heterocycles. The summed E-state index contributed by atoms with van der Waals surface area (Å²) in [7, 11) is 0. The average Bonchev–Trinajstić information content (AvgIpc) is 2.75. The molecule has 2 N–H and O–H groups in total. The lowest BCUT2D eigenvalue weighted by molar-refractivity contribution is -0.384. The highest BCUT2D eigenvalue weighted by atomic mass is 16.6. The van der Waals surface area contributed by atoms with E-state index in [1.54, 1.807) is 0 Å². The molecule has 138 valence electrons. The molecule has 1 amide bonds. The third-order valence-corrected chi connectivity index (χ3v) is 5.21. The minimum absolute atomic E-state index is 0.139. The quantitative estimate of drug-likeness (QED) is 0.337. The molecule has 9 nitrogen and oxygen atoms in total. The highest BCUT2D eigenvalue weighted by Crippen LogP contribution is 2.48. The number of nitrogens with zero attached hydrogens (tertiary/aromatic N) is 2. The van der Waals surface area contributed by atoms with E-state index < -0.39 is 45.7 Å². The van der Waals surface area contributed by atoms with E-state index in [-0.39, 0.29) is 18.5 Å². The minimum atomic E-state index is -2.04. The van der Waals surface area contributed by atoms with Crippen molar-refractivity contribution in [1.29, 1.82) is 0 Å². The third-order valence-electron chi connectivity index (χ3n) is 5.21. The number of β-lactam (4-membered cyclic amide) rings is 1. The van der Waals surface area contributed by atoms with E-state index in [1.165, 1.54) is 38.1 Å². The molecule has 0 radical (unpaired) electrons. The first kappa shape index (κ1) is 18.0. The van der Waals surface area contributed by atoms with Gasteiger partial charge in [0.1, 0.15) is 0 Å². The first-order valence-electron chi connectivity index (χ1n) is 8.05. The smallest absolute Gasteiger partial charge is 0.337 e. The van der Waals surface area contributed by atoms with Crippen molar-refractivity contribution in [2.24, 2.45) is 5.92 Å². The number of aliphatic hydroxyl groups is 1. The minimum Gasteiger partial charge on any atom is -0.479 e. The van der Waals surface area contributed by atoms with Crippen LogP contribution in [0.5, 0.6) is 0 Å². The van der Waals surface area contributed by atoms with E-state index in [0.29, 0.717) is 5.56 Å². The lowest BCUT2D eigenvalue weighted by Crippen LogP contribution is -2.72. The maximum Gasteiger partial charge on any atom is 0.337 e. The number of fused-ring (bicyclic) bond motifs is 1. The molecule has 1 aromatic rings. The molecule has 0 aliphatic carbocycles. The number of carboxylic acids is 1. The lowest BCUT2D eigenvalue weighted by atomic mass is 9.75. The van der Waals surface area contributed by atoms with E-state index in [9.17, 15) is 34.7 Å². The molecule has 0 aromatic heterocycles. The van der Waals surface area contributed by atoms with Crippen LogP contribution in [0.1, 0.15) is 25.8 Å². The zero-order valence-electron chi connectivity index (χ0n) is 14.2.